The zero-order valence-electron chi connectivity index (χ0n) is 23.3. The Morgan fingerprint density at radius 3 is 1.32 bits per heavy atom. The molecule has 4 fully saturated rings. The second-order valence-corrected chi connectivity index (χ2v) is 12.7. The summed E-state index contributed by atoms with van der Waals surface area (Å²) in [5.41, 5.74) is -2.88. The van der Waals surface area contributed by atoms with Crippen molar-refractivity contribution in [3.05, 3.63) is 0 Å². The van der Waals surface area contributed by atoms with Crippen LogP contribution in [0.4, 0.5) is 9.59 Å². The summed E-state index contributed by atoms with van der Waals surface area (Å²) in [6.45, 7) is 13.6. The molecule has 0 unspecified atom stereocenters. The second kappa shape index (κ2) is 10.9. The van der Waals surface area contributed by atoms with Gasteiger partial charge in [0.15, 0.2) is 0 Å². The molecule has 4 aliphatic rings. The Morgan fingerprint density at radius 2 is 1.05 bits per heavy atom. The minimum atomic E-state index is -0.866. The first-order chi connectivity index (χ1) is 17.5. The van der Waals surface area contributed by atoms with Crippen LogP contribution in [-0.2, 0) is 28.5 Å². The molecular weight excluding hydrogens is 500 g/mol. The molecule has 4 atom stereocenters. The zero-order valence-corrected chi connectivity index (χ0v) is 23.3. The van der Waals surface area contributed by atoms with E-state index < -0.39 is 46.2 Å². The van der Waals surface area contributed by atoms with E-state index >= 15 is 0 Å². The van der Waals surface area contributed by atoms with E-state index in [9.17, 15) is 29.4 Å². The summed E-state index contributed by atoms with van der Waals surface area (Å²) in [4.78, 5) is 50.2. The third-order valence-electron chi connectivity index (χ3n) is 7.57. The molecule has 0 aromatic rings. The van der Waals surface area contributed by atoms with Crippen LogP contribution < -0.4 is 0 Å². The van der Waals surface area contributed by atoms with Crippen molar-refractivity contribution in [3.8, 4) is 0 Å². The van der Waals surface area contributed by atoms with Crippen LogP contribution in [0.3, 0.4) is 0 Å². The maximum Gasteiger partial charge on any atom is 0.410 e. The van der Waals surface area contributed by atoms with Crippen LogP contribution in [0.5, 0.6) is 0 Å². The van der Waals surface area contributed by atoms with E-state index in [-0.39, 0.29) is 24.9 Å². The van der Waals surface area contributed by atoms with E-state index in [4.69, 9.17) is 18.9 Å². The fourth-order valence-corrected chi connectivity index (χ4v) is 5.53. The molecule has 12 heteroatoms. The van der Waals surface area contributed by atoms with Gasteiger partial charge in [0, 0.05) is 51.2 Å². The molecule has 0 saturated carbocycles. The monoisotopic (exact) mass is 542 g/mol. The molecule has 0 bridgehead atoms. The number of hydrogen-bond acceptors (Lipinski definition) is 8. The molecule has 0 aliphatic carbocycles. The number of hydrogen-bond donors (Lipinski definition) is 2. The molecule has 4 rings (SSSR count). The van der Waals surface area contributed by atoms with Crippen molar-refractivity contribution in [1.82, 2.24) is 9.80 Å². The second-order valence-electron chi connectivity index (χ2n) is 12.7. The van der Waals surface area contributed by atoms with Gasteiger partial charge in [0.05, 0.1) is 24.0 Å². The van der Waals surface area contributed by atoms with Gasteiger partial charge in [-0.05, 0) is 54.4 Å². The first-order valence-corrected chi connectivity index (χ1v) is 13.1. The summed E-state index contributed by atoms with van der Waals surface area (Å²) in [6, 6.07) is 0. The first kappa shape index (κ1) is 29.9. The summed E-state index contributed by atoms with van der Waals surface area (Å²) >= 11 is 0. The molecule has 0 radical (unpaired) electrons. The predicted octanol–water partition coefficient (Wildman–Crippen LogP) is 2.69. The average molecular weight is 543 g/mol. The quantitative estimate of drug-likeness (QED) is 0.533. The van der Waals surface area contributed by atoms with Crippen molar-refractivity contribution in [3.63, 3.8) is 0 Å². The lowest BCUT2D eigenvalue weighted by Gasteiger charge is -2.33. The van der Waals surface area contributed by atoms with Crippen molar-refractivity contribution in [2.45, 2.75) is 65.6 Å². The van der Waals surface area contributed by atoms with E-state index in [1.807, 2.05) is 0 Å². The number of rotatable bonds is 2. The van der Waals surface area contributed by atoms with Crippen LogP contribution >= 0.6 is 0 Å². The minimum Gasteiger partial charge on any atom is -0.481 e. The number of fused-ring (bicyclic) bond motifs is 2. The Labute approximate surface area is 223 Å². The van der Waals surface area contributed by atoms with Gasteiger partial charge in [0.25, 0.3) is 0 Å². The van der Waals surface area contributed by atoms with E-state index in [0.717, 1.165) is 0 Å². The zero-order chi connectivity index (χ0) is 28.5. The summed E-state index contributed by atoms with van der Waals surface area (Å²) in [5, 5.41) is 19.0. The van der Waals surface area contributed by atoms with E-state index in [1.165, 1.54) is 9.80 Å². The Balaban J connectivity index is 0.000000211. The van der Waals surface area contributed by atoms with Crippen LogP contribution in [0.2, 0.25) is 0 Å². The molecule has 38 heavy (non-hydrogen) atoms. The van der Waals surface area contributed by atoms with Gasteiger partial charge < -0.3 is 39.0 Å². The van der Waals surface area contributed by atoms with E-state index in [2.05, 4.69) is 0 Å². The molecule has 0 aromatic heterocycles. The highest BCUT2D eigenvalue weighted by Gasteiger charge is 2.56. The normalized spacial score (nSPS) is 30.9. The number of aliphatic carboxylic acids is 2. The van der Waals surface area contributed by atoms with Gasteiger partial charge in [-0.1, -0.05) is 0 Å². The Kier molecular flexibility index (Phi) is 8.57. The highest BCUT2D eigenvalue weighted by molar-refractivity contribution is 5.79. The smallest absolute Gasteiger partial charge is 0.410 e. The van der Waals surface area contributed by atoms with Crippen molar-refractivity contribution >= 4 is 24.1 Å². The highest BCUT2D eigenvalue weighted by Crippen LogP contribution is 2.44. The standard InChI is InChI=1S/2C13H21NO5/c2*1-12(2,3)19-11(17)14-6-9-7-18-5-4-13(9,8-14)10(15)16/h2*9H,4-8H2,1-3H3,(H,15,16)/t2*9-,13+/m10/s1. The van der Waals surface area contributed by atoms with Crippen molar-refractivity contribution in [2.24, 2.45) is 22.7 Å². The lowest BCUT2D eigenvalue weighted by atomic mass is 9.74. The number of nitrogens with zero attached hydrogens (tertiary/aromatic N) is 2. The first-order valence-electron chi connectivity index (χ1n) is 13.1. The molecule has 2 N–H and O–H groups in total. The van der Waals surface area contributed by atoms with Gasteiger partial charge in [-0.25, -0.2) is 9.59 Å². The van der Waals surface area contributed by atoms with Crippen LogP contribution in [0.25, 0.3) is 0 Å². The van der Waals surface area contributed by atoms with Gasteiger partial charge in [0.1, 0.15) is 11.2 Å². The lowest BCUT2D eigenvalue weighted by Crippen LogP contribution is -2.45. The van der Waals surface area contributed by atoms with Crippen LogP contribution in [0, 0.1) is 22.7 Å². The summed E-state index contributed by atoms with van der Waals surface area (Å²) < 4.78 is 21.3. The maximum atomic E-state index is 12.0. The fraction of sp³-hybridized carbons (Fsp3) is 0.846. The average Bonchev–Trinajstić information content (AvgIpc) is 3.38. The third-order valence-corrected chi connectivity index (χ3v) is 7.57. The molecule has 2 amide bonds. The molecule has 12 nitrogen and oxygen atoms in total. The van der Waals surface area contributed by atoms with Crippen molar-refractivity contribution in [1.29, 1.82) is 0 Å². The largest absolute Gasteiger partial charge is 0.481 e. The Bertz CT molecular complexity index is 852. The number of carbonyl (C=O) groups is 4. The molecule has 4 saturated heterocycles. The predicted molar refractivity (Wildman–Crippen MR) is 134 cm³/mol. The fourth-order valence-electron chi connectivity index (χ4n) is 5.53. The lowest BCUT2D eigenvalue weighted by molar-refractivity contribution is -0.158. The Hall–Kier alpha value is -2.60. The summed E-state index contributed by atoms with van der Waals surface area (Å²) in [5.74, 6) is -1.98. The van der Waals surface area contributed by atoms with E-state index in [1.54, 1.807) is 41.5 Å². The number of amides is 2. The van der Waals surface area contributed by atoms with Gasteiger partial charge in [0.2, 0.25) is 0 Å². The molecule has 0 spiro atoms. The van der Waals surface area contributed by atoms with Crippen LogP contribution in [-0.4, -0.2) is 108 Å². The van der Waals surface area contributed by atoms with Crippen LogP contribution in [0.1, 0.15) is 54.4 Å². The van der Waals surface area contributed by atoms with Gasteiger partial charge >= 0.3 is 24.1 Å². The van der Waals surface area contributed by atoms with Gasteiger partial charge in [-0.15, -0.1) is 0 Å². The van der Waals surface area contributed by atoms with Gasteiger partial charge in [-0.2, -0.15) is 0 Å². The van der Waals surface area contributed by atoms with Crippen LogP contribution in [0.15, 0.2) is 0 Å². The molecular formula is C26H42N2O10. The van der Waals surface area contributed by atoms with Gasteiger partial charge in [-0.3, -0.25) is 9.59 Å². The molecule has 216 valence electrons. The van der Waals surface area contributed by atoms with Crippen molar-refractivity contribution in [2.75, 3.05) is 52.6 Å². The van der Waals surface area contributed by atoms with E-state index in [0.29, 0.717) is 52.4 Å². The molecule has 4 heterocycles. The summed E-state index contributed by atoms with van der Waals surface area (Å²) in [7, 11) is 0. The van der Waals surface area contributed by atoms with Crippen molar-refractivity contribution < 1.29 is 48.3 Å². The SMILES string of the molecule is CC(C)(C)OC(=O)N1C[C@@H]2COCC[C@]2(C(=O)O)C1.CC(C)(C)OC(=O)N1C[C@H]2COCC[C@@]2(C(=O)O)C1. The molecule has 4 aliphatic heterocycles. The topological polar surface area (TPSA) is 152 Å². The minimum absolute atomic E-state index is 0.147. The number of carboxylic acid groups (broad SMARTS) is 2. The number of likely N-dealkylation sites (tertiary alicyclic amines) is 2. The number of carbonyl (C=O) groups excluding carboxylic acids is 2. The maximum absolute atomic E-state index is 12.0. The molecule has 0 aromatic carbocycles. The third kappa shape index (κ3) is 6.51. The highest BCUT2D eigenvalue weighted by atomic mass is 16.6. The number of ether oxygens (including phenoxy) is 4. The Morgan fingerprint density at radius 1 is 0.711 bits per heavy atom. The number of carboxylic acids is 2. The summed E-state index contributed by atoms with van der Waals surface area (Å²) in [6.07, 6.45) is 0.0172.